The molecule has 5 nitrogen and oxygen atoms in total. The zero-order valence-corrected chi connectivity index (χ0v) is 11.5. The van der Waals surface area contributed by atoms with Gasteiger partial charge in [0.25, 0.3) is 5.91 Å². The quantitative estimate of drug-likeness (QED) is 0.774. The summed E-state index contributed by atoms with van der Waals surface area (Å²) in [5.41, 5.74) is 3.21. The Morgan fingerprint density at radius 1 is 1.26 bits per heavy atom. The molecular weight excluding hydrogens is 264 g/mol. The van der Waals surface area contributed by atoms with Crippen molar-refractivity contribution in [3.8, 4) is 0 Å². The number of amides is 1. The standard InChI is InChI=1S/C13H18N2O3S/c14-19(17,18)8-2-7-15-13(16)12-6-5-10-3-1-4-11(10)9-12/h5-6,9H,1-4,7-8H2,(H,15,16)(H2,14,17,18). The van der Waals surface area contributed by atoms with E-state index in [-0.39, 0.29) is 11.7 Å². The number of carbonyl (C=O) groups excluding carboxylic acids is 1. The molecule has 0 bridgehead atoms. The van der Waals surface area contributed by atoms with E-state index in [0.29, 0.717) is 18.5 Å². The maximum absolute atomic E-state index is 11.9. The molecule has 0 saturated carbocycles. The fraction of sp³-hybridized carbons (Fsp3) is 0.462. The highest BCUT2D eigenvalue weighted by Crippen LogP contribution is 2.22. The van der Waals surface area contributed by atoms with Crippen LogP contribution in [-0.2, 0) is 22.9 Å². The van der Waals surface area contributed by atoms with Gasteiger partial charge in [-0.3, -0.25) is 4.79 Å². The van der Waals surface area contributed by atoms with Crippen molar-refractivity contribution in [2.75, 3.05) is 12.3 Å². The van der Waals surface area contributed by atoms with E-state index >= 15 is 0 Å². The van der Waals surface area contributed by atoms with Gasteiger partial charge in [-0.1, -0.05) is 6.07 Å². The number of hydrogen-bond donors (Lipinski definition) is 2. The third-order valence-corrected chi connectivity index (χ3v) is 4.11. The Labute approximate surface area is 113 Å². The van der Waals surface area contributed by atoms with Crippen LogP contribution in [0, 0.1) is 0 Å². The summed E-state index contributed by atoms with van der Waals surface area (Å²) in [6, 6.07) is 5.75. The first kappa shape index (κ1) is 14.0. The van der Waals surface area contributed by atoms with E-state index < -0.39 is 10.0 Å². The van der Waals surface area contributed by atoms with Gasteiger partial charge in [-0.2, -0.15) is 0 Å². The number of aryl methyl sites for hydroxylation is 2. The van der Waals surface area contributed by atoms with Gasteiger partial charge in [0.2, 0.25) is 10.0 Å². The summed E-state index contributed by atoms with van der Waals surface area (Å²) in [6.45, 7) is 0.312. The summed E-state index contributed by atoms with van der Waals surface area (Å²) in [5, 5.41) is 7.59. The molecule has 6 heteroatoms. The number of nitrogens with two attached hydrogens (primary N) is 1. The average Bonchev–Trinajstić information content (AvgIpc) is 2.80. The van der Waals surface area contributed by atoms with Crippen LogP contribution in [0.15, 0.2) is 18.2 Å². The molecule has 0 radical (unpaired) electrons. The zero-order chi connectivity index (χ0) is 13.9. The minimum absolute atomic E-state index is 0.114. The Morgan fingerprint density at radius 2 is 2.00 bits per heavy atom. The van der Waals surface area contributed by atoms with E-state index in [2.05, 4.69) is 5.32 Å². The normalized spacial score (nSPS) is 14.2. The van der Waals surface area contributed by atoms with E-state index in [9.17, 15) is 13.2 Å². The van der Waals surface area contributed by atoms with Gasteiger partial charge < -0.3 is 5.32 Å². The smallest absolute Gasteiger partial charge is 0.251 e. The van der Waals surface area contributed by atoms with Crippen molar-refractivity contribution in [2.45, 2.75) is 25.7 Å². The van der Waals surface area contributed by atoms with E-state index in [4.69, 9.17) is 5.14 Å². The predicted molar refractivity (Wildman–Crippen MR) is 73.4 cm³/mol. The van der Waals surface area contributed by atoms with Crippen molar-refractivity contribution in [2.24, 2.45) is 5.14 Å². The van der Waals surface area contributed by atoms with Gasteiger partial charge in [0, 0.05) is 12.1 Å². The van der Waals surface area contributed by atoms with Crippen LogP contribution in [0.4, 0.5) is 0 Å². The third-order valence-electron chi connectivity index (χ3n) is 3.25. The van der Waals surface area contributed by atoms with Crippen molar-refractivity contribution in [3.05, 3.63) is 34.9 Å². The molecule has 0 spiro atoms. The van der Waals surface area contributed by atoms with E-state index in [0.717, 1.165) is 19.3 Å². The third kappa shape index (κ3) is 4.04. The molecule has 3 N–H and O–H groups in total. The second-order valence-electron chi connectivity index (χ2n) is 4.81. The summed E-state index contributed by atoms with van der Waals surface area (Å²) >= 11 is 0. The maximum Gasteiger partial charge on any atom is 0.251 e. The van der Waals surface area contributed by atoms with Crippen LogP contribution in [-0.4, -0.2) is 26.6 Å². The molecule has 1 aliphatic carbocycles. The van der Waals surface area contributed by atoms with Crippen molar-refractivity contribution in [1.82, 2.24) is 5.32 Å². The van der Waals surface area contributed by atoms with Gasteiger partial charge in [0.1, 0.15) is 0 Å². The lowest BCUT2D eigenvalue weighted by Crippen LogP contribution is -2.27. The van der Waals surface area contributed by atoms with Crippen LogP contribution in [0.3, 0.4) is 0 Å². The lowest BCUT2D eigenvalue weighted by molar-refractivity contribution is 0.0953. The molecule has 1 amide bonds. The fourth-order valence-electron chi connectivity index (χ4n) is 2.29. The first-order chi connectivity index (χ1) is 8.96. The molecule has 104 valence electrons. The molecule has 0 saturated heterocycles. The van der Waals surface area contributed by atoms with Crippen molar-refractivity contribution in [3.63, 3.8) is 0 Å². The lowest BCUT2D eigenvalue weighted by Gasteiger charge is -2.06. The van der Waals surface area contributed by atoms with E-state index in [1.165, 1.54) is 11.1 Å². The molecule has 0 unspecified atom stereocenters. The highest BCUT2D eigenvalue weighted by atomic mass is 32.2. The SMILES string of the molecule is NS(=O)(=O)CCCNC(=O)c1ccc2c(c1)CCC2. The minimum Gasteiger partial charge on any atom is -0.352 e. The first-order valence-electron chi connectivity index (χ1n) is 6.36. The molecule has 2 rings (SSSR count). The van der Waals surface area contributed by atoms with Crippen LogP contribution < -0.4 is 10.5 Å². The number of rotatable bonds is 5. The molecule has 1 aromatic carbocycles. The monoisotopic (exact) mass is 282 g/mol. The Balaban J connectivity index is 1.87. The molecule has 0 fully saturated rings. The number of benzene rings is 1. The predicted octanol–water partition coefficient (Wildman–Crippen LogP) is 0.584. The van der Waals surface area contributed by atoms with Gasteiger partial charge in [0.15, 0.2) is 0 Å². The van der Waals surface area contributed by atoms with E-state index in [1.54, 1.807) is 0 Å². The maximum atomic E-state index is 11.9. The summed E-state index contributed by atoms with van der Waals surface area (Å²) in [6.07, 6.45) is 3.59. The summed E-state index contributed by atoms with van der Waals surface area (Å²) in [4.78, 5) is 11.9. The average molecular weight is 282 g/mol. The van der Waals surface area contributed by atoms with Crippen LogP contribution in [0.1, 0.15) is 34.3 Å². The summed E-state index contributed by atoms with van der Waals surface area (Å²) in [7, 11) is -3.45. The number of carbonyl (C=O) groups is 1. The molecular formula is C13H18N2O3S. The summed E-state index contributed by atoms with van der Waals surface area (Å²) < 4.78 is 21.5. The number of nitrogens with one attached hydrogen (secondary N) is 1. The molecule has 1 aliphatic rings. The molecule has 0 aliphatic heterocycles. The zero-order valence-electron chi connectivity index (χ0n) is 10.7. The van der Waals surface area contributed by atoms with Gasteiger partial charge >= 0.3 is 0 Å². The number of primary sulfonamides is 1. The highest BCUT2D eigenvalue weighted by Gasteiger charge is 2.13. The van der Waals surface area contributed by atoms with Crippen LogP contribution in [0.25, 0.3) is 0 Å². The molecule has 0 aromatic heterocycles. The summed E-state index contributed by atoms with van der Waals surface area (Å²) in [5.74, 6) is -0.276. The Hall–Kier alpha value is -1.40. The van der Waals surface area contributed by atoms with Gasteiger partial charge in [-0.25, -0.2) is 13.6 Å². The molecule has 0 atom stereocenters. The second-order valence-corrected chi connectivity index (χ2v) is 6.55. The topological polar surface area (TPSA) is 89.3 Å². The van der Waals surface area contributed by atoms with Crippen molar-refractivity contribution < 1.29 is 13.2 Å². The first-order valence-corrected chi connectivity index (χ1v) is 8.08. The molecule has 19 heavy (non-hydrogen) atoms. The van der Waals surface area contributed by atoms with E-state index in [1.807, 2.05) is 18.2 Å². The Kier molecular flexibility index (Phi) is 4.21. The van der Waals surface area contributed by atoms with Crippen LogP contribution in [0.2, 0.25) is 0 Å². The van der Waals surface area contributed by atoms with Crippen molar-refractivity contribution in [1.29, 1.82) is 0 Å². The number of hydrogen-bond acceptors (Lipinski definition) is 3. The number of sulfonamides is 1. The van der Waals surface area contributed by atoms with Gasteiger partial charge in [-0.05, 0) is 48.9 Å². The Bertz CT molecular complexity index is 582. The molecule has 0 heterocycles. The number of fused-ring (bicyclic) bond motifs is 1. The largest absolute Gasteiger partial charge is 0.352 e. The van der Waals surface area contributed by atoms with Crippen molar-refractivity contribution >= 4 is 15.9 Å². The van der Waals surface area contributed by atoms with Gasteiger partial charge in [-0.15, -0.1) is 0 Å². The second kappa shape index (κ2) is 5.71. The Morgan fingerprint density at radius 3 is 2.74 bits per heavy atom. The van der Waals surface area contributed by atoms with Crippen LogP contribution in [0.5, 0.6) is 0 Å². The minimum atomic E-state index is -3.45. The van der Waals surface area contributed by atoms with Gasteiger partial charge in [0.05, 0.1) is 5.75 Å². The molecule has 1 aromatic rings. The van der Waals surface area contributed by atoms with Crippen LogP contribution >= 0.6 is 0 Å². The fourth-order valence-corrected chi connectivity index (χ4v) is 2.84. The highest BCUT2D eigenvalue weighted by molar-refractivity contribution is 7.89. The lowest BCUT2D eigenvalue weighted by atomic mass is 10.1.